The van der Waals surface area contributed by atoms with E-state index >= 15 is 0 Å². The first-order chi connectivity index (χ1) is 15.2. The first-order valence-electron chi connectivity index (χ1n) is 9.27. The van der Waals surface area contributed by atoms with Gasteiger partial charge in [-0.05, 0) is 43.7 Å². The van der Waals surface area contributed by atoms with E-state index < -0.39 is 26.8 Å². The zero-order valence-corrected chi connectivity index (χ0v) is 16.9. The van der Waals surface area contributed by atoms with E-state index in [1.807, 2.05) is 6.07 Å². The molecule has 0 bridgehead atoms. The van der Waals surface area contributed by atoms with Crippen LogP contribution in [0, 0.1) is 38.5 Å². The Kier molecular flexibility index (Phi) is 6.16. The fourth-order valence-electron chi connectivity index (χ4n) is 3.02. The number of rotatable bonds is 7. The summed E-state index contributed by atoms with van der Waals surface area (Å²) in [7, 11) is 0. The zero-order valence-electron chi connectivity index (χ0n) is 16.9. The Morgan fingerprint density at radius 1 is 1.03 bits per heavy atom. The Morgan fingerprint density at radius 2 is 1.75 bits per heavy atom. The summed E-state index contributed by atoms with van der Waals surface area (Å²) in [6.45, 7) is 3.64. The van der Waals surface area contributed by atoms with Gasteiger partial charge in [-0.1, -0.05) is 6.07 Å². The van der Waals surface area contributed by atoms with Crippen molar-refractivity contribution in [1.29, 1.82) is 5.26 Å². The number of H-pyrrole nitrogens is 1. The predicted octanol–water partition coefficient (Wildman–Crippen LogP) is 4.23. The highest BCUT2D eigenvalue weighted by molar-refractivity contribution is 5.73. The van der Waals surface area contributed by atoms with Crippen LogP contribution in [0.1, 0.15) is 18.2 Å². The molecule has 0 aliphatic heterocycles. The normalized spacial score (nSPS) is 10.3. The molecular formula is C21H16N4O7. The van der Waals surface area contributed by atoms with Gasteiger partial charge in [-0.25, -0.2) is 0 Å². The number of aromatic amines is 1. The molecule has 11 heteroatoms. The number of ether oxygens (including phenoxy) is 2. The smallest absolute Gasteiger partial charge is 0.318 e. The maximum Gasteiger partial charge on any atom is 0.318 e. The third-order valence-corrected chi connectivity index (χ3v) is 4.40. The van der Waals surface area contributed by atoms with E-state index in [9.17, 15) is 30.3 Å². The highest BCUT2D eigenvalue weighted by Gasteiger charge is 2.22. The second-order valence-corrected chi connectivity index (χ2v) is 6.54. The molecule has 3 rings (SSSR count). The van der Waals surface area contributed by atoms with Crippen molar-refractivity contribution in [3.05, 3.63) is 84.3 Å². The number of benzene rings is 2. The molecule has 162 valence electrons. The van der Waals surface area contributed by atoms with Gasteiger partial charge in [0, 0.05) is 17.3 Å². The van der Waals surface area contributed by atoms with Crippen LogP contribution in [0.15, 0.2) is 47.3 Å². The minimum Gasteiger partial charge on any atom is -0.490 e. The molecule has 0 amide bonds. The van der Waals surface area contributed by atoms with E-state index in [1.54, 1.807) is 32.0 Å². The van der Waals surface area contributed by atoms with Gasteiger partial charge in [-0.15, -0.1) is 0 Å². The van der Waals surface area contributed by atoms with Crippen molar-refractivity contribution in [3.8, 4) is 34.4 Å². The Balaban J connectivity index is 2.10. The van der Waals surface area contributed by atoms with Crippen LogP contribution in [0.5, 0.6) is 17.2 Å². The first kappa shape index (κ1) is 22.0. The Morgan fingerprint density at radius 3 is 2.38 bits per heavy atom. The van der Waals surface area contributed by atoms with Gasteiger partial charge in [0.1, 0.15) is 11.6 Å². The van der Waals surface area contributed by atoms with E-state index in [2.05, 4.69) is 4.98 Å². The molecule has 0 spiro atoms. The molecule has 0 atom stereocenters. The van der Waals surface area contributed by atoms with E-state index in [-0.39, 0.29) is 29.4 Å². The van der Waals surface area contributed by atoms with Crippen molar-refractivity contribution < 1.29 is 19.3 Å². The van der Waals surface area contributed by atoms with E-state index in [0.29, 0.717) is 16.8 Å². The molecule has 3 aromatic rings. The summed E-state index contributed by atoms with van der Waals surface area (Å²) < 4.78 is 11.3. The number of hydrogen-bond acceptors (Lipinski definition) is 8. The topological polar surface area (TPSA) is 161 Å². The van der Waals surface area contributed by atoms with Crippen molar-refractivity contribution in [1.82, 2.24) is 4.98 Å². The fourth-order valence-corrected chi connectivity index (χ4v) is 3.02. The average Bonchev–Trinajstić information content (AvgIpc) is 2.74. The summed E-state index contributed by atoms with van der Waals surface area (Å²) in [4.78, 5) is 35.5. The van der Waals surface area contributed by atoms with E-state index in [0.717, 1.165) is 18.2 Å². The Bertz CT molecular complexity index is 1320. The summed E-state index contributed by atoms with van der Waals surface area (Å²) in [6.07, 6.45) is 0. The molecule has 0 radical (unpaired) electrons. The lowest BCUT2D eigenvalue weighted by Crippen LogP contribution is -2.12. The summed E-state index contributed by atoms with van der Waals surface area (Å²) in [5.41, 5.74) is -0.169. The molecule has 0 aliphatic carbocycles. The molecule has 0 fully saturated rings. The third-order valence-electron chi connectivity index (χ3n) is 4.40. The van der Waals surface area contributed by atoms with Crippen molar-refractivity contribution in [3.63, 3.8) is 0 Å². The van der Waals surface area contributed by atoms with Gasteiger partial charge < -0.3 is 14.5 Å². The molecule has 2 aromatic carbocycles. The van der Waals surface area contributed by atoms with Crippen LogP contribution in [0.3, 0.4) is 0 Å². The second kappa shape index (κ2) is 8.97. The van der Waals surface area contributed by atoms with Crippen LogP contribution >= 0.6 is 0 Å². The number of nitro groups is 2. The standard InChI is InChI=1S/C21H16N4O7/c1-3-31-20-9-13(15-8-12(2)23-21(26)16(15)11-22)4-6-19(20)32-18-7-5-14(24(27)28)10-17(18)25(29)30/h4-10H,3H2,1-2H3,(H,23,26). The summed E-state index contributed by atoms with van der Waals surface area (Å²) in [5, 5.41) is 31.7. The van der Waals surface area contributed by atoms with Gasteiger partial charge in [0.25, 0.3) is 11.2 Å². The highest BCUT2D eigenvalue weighted by atomic mass is 16.6. The number of non-ortho nitro benzene ring substituents is 1. The maximum atomic E-state index is 12.1. The summed E-state index contributed by atoms with van der Waals surface area (Å²) >= 11 is 0. The van der Waals surface area contributed by atoms with Gasteiger partial charge in [-0.2, -0.15) is 5.26 Å². The van der Waals surface area contributed by atoms with E-state index in [1.165, 1.54) is 6.07 Å². The van der Waals surface area contributed by atoms with Gasteiger partial charge in [-0.3, -0.25) is 25.0 Å². The number of pyridine rings is 1. The van der Waals surface area contributed by atoms with Crippen molar-refractivity contribution in [2.45, 2.75) is 13.8 Å². The Labute approximate surface area is 180 Å². The largest absolute Gasteiger partial charge is 0.490 e. The molecule has 1 aromatic heterocycles. The van der Waals surface area contributed by atoms with Crippen LogP contribution in [-0.4, -0.2) is 21.4 Å². The van der Waals surface area contributed by atoms with Crippen LogP contribution in [0.25, 0.3) is 11.1 Å². The summed E-state index contributed by atoms with van der Waals surface area (Å²) in [6, 6.07) is 11.2. The van der Waals surface area contributed by atoms with Crippen LogP contribution < -0.4 is 15.0 Å². The zero-order chi connectivity index (χ0) is 23.4. The monoisotopic (exact) mass is 436 g/mol. The Hall–Kier alpha value is -4.72. The number of nitriles is 1. The molecule has 1 N–H and O–H groups in total. The fraction of sp³-hybridized carbons (Fsp3) is 0.143. The van der Waals surface area contributed by atoms with Gasteiger partial charge in [0.2, 0.25) is 5.75 Å². The second-order valence-electron chi connectivity index (χ2n) is 6.54. The lowest BCUT2D eigenvalue weighted by molar-refractivity contribution is -0.394. The summed E-state index contributed by atoms with van der Waals surface area (Å²) in [5.74, 6) is 0.117. The van der Waals surface area contributed by atoms with Gasteiger partial charge in [0.05, 0.1) is 22.5 Å². The predicted molar refractivity (Wildman–Crippen MR) is 113 cm³/mol. The van der Waals surface area contributed by atoms with Crippen LogP contribution in [0.2, 0.25) is 0 Å². The van der Waals surface area contributed by atoms with Gasteiger partial charge in [0.15, 0.2) is 11.5 Å². The average molecular weight is 436 g/mol. The van der Waals surface area contributed by atoms with Crippen LogP contribution in [0.4, 0.5) is 11.4 Å². The molecule has 0 aliphatic rings. The minimum absolute atomic E-state index is 0.0716. The number of aromatic nitrogens is 1. The SMILES string of the molecule is CCOc1cc(-c2cc(C)[nH]c(=O)c2C#N)ccc1Oc1ccc([N+](=O)[O-])cc1[N+](=O)[O-]. The van der Waals surface area contributed by atoms with Crippen molar-refractivity contribution in [2.24, 2.45) is 0 Å². The molecule has 0 saturated heterocycles. The number of aryl methyl sites for hydroxylation is 1. The van der Waals surface area contributed by atoms with E-state index in [4.69, 9.17) is 9.47 Å². The minimum atomic E-state index is -0.782. The number of nitrogens with zero attached hydrogens (tertiary/aromatic N) is 3. The first-order valence-corrected chi connectivity index (χ1v) is 9.27. The molecular weight excluding hydrogens is 420 g/mol. The quantitative estimate of drug-likeness (QED) is 0.425. The molecule has 32 heavy (non-hydrogen) atoms. The van der Waals surface area contributed by atoms with Gasteiger partial charge >= 0.3 is 5.69 Å². The third kappa shape index (κ3) is 4.39. The number of nitro benzene ring substituents is 2. The molecule has 0 unspecified atom stereocenters. The molecule has 1 heterocycles. The number of nitrogens with one attached hydrogen (secondary N) is 1. The van der Waals surface area contributed by atoms with Crippen molar-refractivity contribution >= 4 is 11.4 Å². The van der Waals surface area contributed by atoms with Crippen molar-refractivity contribution in [2.75, 3.05) is 6.61 Å². The number of hydrogen-bond donors (Lipinski definition) is 1. The molecule has 0 saturated carbocycles. The van der Waals surface area contributed by atoms with Crippen LogP contribution in [-0.2, 0) is 0 Å². The highest BCUT2D eigenvalue weighted by Crippen LogP contribution is 2.40. The lowest BCUT2D eigenvalue weighted by atomic mass is 10.0. The lowest BCUT2D eigenvalue weighted by Gasteiger charge is -2.14. The molecule has 11 nitrogen and oxygen atoms in total. The maximum absolute atomic E-state index is 12.1.